The summed E-state index contributed by atoms with van der Waals surface area (Å²) in [6.07, 6.45) is 0. The summed E-state index contributed by atoms with van der Waals surface area (Å²) in [7, 11) is 0. The van der Waals surface area contributed by atoms with Crippen LogP contribution in [-0.4, -0.2) is 4.57 Å². The topological polar surface area (TPSA) is 8.17 Å². The van der Waals surface area contributed by atoms with Gasteiger partial charge < -0.3 is 9.47 Å². The lowest BCUT2D eigenvalue weighted by atomic mass is 9.68. The van der Waals surface area contributed by atoms with Crippen LogP contribution in [0.15, 0.2) is 255 Å². The molecule has 0 atom stereocenters. The number of aromatic nitrogens is 1. The van der Waals surface area contributed by atoms with Crippen LogP contribution < -0.4 is 4.90 Å². The van der Waals surface area contributed by atoms with Gasteiger partial charge in [0.2, 0.25) is 0 Å². The van der Waals surface area contributed by atoms with Crippen molar-refractivity contribution in [1.29, 1.82) is 0 Å². The Bertz CT molecular complexity index is 3350. The van der Waals surface area contributed by atoms with Crippen LogP contribution in [0.4, 0.5) is 17.1 Å². The molecule has 2 nitrogen and oxygen atoms in total. The molecular formula is C61H42N2. The molecule has 0 saturated carbocycles. The maximum atomic E-state index is 2.52. The number of hydrogen-bond acceptors (Lipinski definition) is 1. The SMILES string of the molecule is c1ccc(N(c2ccccc2)c2ccc(-c3cccc(-c4ccc5c6ccccc6n(-c6cccc7c6-c6ccccc6C7(c6ccccc6)c6ccccc6)c5c4)c3)cc2)cc1. The van der Waals surface area contributed by atoms with Crippen molar-refractivity contribution in [3.8, 4) is 39.1 Å². The van der Waals surface area contributed by atoms with Crippen LogP contribution in [0.25, 0.3) is 60.9 Å². The quantitative estimate of drug-likeness (QED) is 0.149. The van der Waals surface area contributed by atoms with Gasteiger partial charge in [-0.1, -0.05) is 194 Å². The summed E-state index contributed by atoms with van der Waals surface area (Å²) >= 11 is 0. The molecule has 0 unspecified atom stereocenters. The minimum Gasteiger partial charge on any atom is -0.311 e. The van der Waals surface area contributed by atoms with Crippen molar-refractivity contribution in [3.05, 3.63) is 277 Å². The third kappa shape index (κ3) is 5.87. The molecule has 0 saturated heterocycles. The van der Waals surface area contributed by atoms with E-state index in [9.17, 15) is 0 Å². The van der Waals surface area contributed by atoms with Crippen molar-refractivity contribution in [3.63, 3.8) is 0 Å². The van der Waals surface area contributed by atoms with Crippen LogP contribution in [-0.2, 0) is 5.41 Å². The molecule has 0 spiro atoms. The van der Waals surface area contributed by atoms with E-state index in [1.54, 1.807) is 0 Å². The van der Waals surface area contributed by atoms with Crippen LogP contribution >= 0.6 is 0 Å². The predicted molar refractivity (Wildman–Crippen MR) is 264 cm³/mol. The summed E-state index contributed by atoms with van der Waals surface area (Å²) in [4.78, 5) is 2.30. The molecule has 0 radical (unpaired) electrons. The van der Waals surface area contributed by atoms with Gasteiger partial charge in [0, 0.05) is 33.4 Å². The van der Waals surface area contributed by atoms with Crippen LogP contribution in [0.2, 0.25) is 0 Å². The summed E-state index contributed by atoms with van der Waals surface area (Å²) in [6.45, 7) is 0. The third-order valence-corrected chi connectivity index (χ3v) is 13.1. The van der Waals surface area contributed by atoms with E-state index in [-0.39, 0.29) is 0 Å². The van der Waals surface area contributed by atoms with Crippen LogP contribution in [0.1, 0.15) is 22.3 Å². The highest BCUT2D eigenvalue weighted by Crippen LogP contribution is 2.58. The Balaban J connectivity index is 1.00. The van der Waals surface area contributed by atoms with E-state index in [1.165, 1.54) is 83.1 Å². The molecule has 0 N–H and O–H groups in total. The number of hydrogen-bond donors (Lipinski definition) is 0. The largest absolute Gasteiger partial charge is 0.311 e. The fraction of sp³-hybridized carbons (Fsp3) is 0.0164. The van der Waals surface area contributed by atoms with Crippen molar-refractivity contribution >= 4 is 38.9 Å². The number of benzene rings is 10. The average molecular weight is 803 g/mol. The molecule has 1 aromatic heterocycles. The molecule has 1 aliphatic carbocycles. The first-order chi connectivity index (χ1) is 31.3. The Labute approximate surface area is 368 Å². The minimum absolute atomic E-state index is 0.478. The van der Waals surface area contributed by atoms with E-state index in [4.69, 9.17) is 0 Å². The molecule has 10 aromatic carbocycles. The molecule has 2 heteroatoms. The average Bonchev–Trinajstić information content (AvgIpc) is 3.86. The Morgan fingerprint density at radius 3 is 1.49 bits per heavy atom. The standard InChI is InChI=1S/C61H42N2/c1-5-21-47(22-6-1)61(48-23-7-2-8-24-48)55-31-15-13-30-54(55)60-56(61)32-18-34-58(60)63-57-33-16-14-29-52(57)53-40-37-46(42-59(53)63)45-20-17-19-44(41-45)43-35-38-51(39-36-43)62(49-25-9-3-10-26-49)50-27-11-4-12-28-50/h1-42H. The smallest absolute Gasteiger partial charge is 0.0714 e. The van der Waals surface area contributed by atoms with Gasteiger partial charge in [-0.3, -0.25) is 0 Å². The number of nitrogens with zero attached hydrogens (tertiary/aromatic N) is 2. The number of anilines is 3. The third-order valence-electron chi connectivity index (χ3n) is 13.1. The van der Waals surface area contributed by atoms with E-state index in [0.717, 1.165) is 17.1 Å². The highest BCUT2D eigenvalue weighted by atomic mass is 15.1. The van der Waals surface area contributed by atoms with Gasteiger partial charge in [-0.05, 0) is 111 Å². The van der Waals surface area contributed by atoms with Crippen LogP contribution in [0, 0.1) is 0 Å². The lowest BCUT2D eigenvalue weighted by Crippen LogP contribution is -2.28. The Morgan fingerprint density at radius 2 is 0.810 bits per heavy atom. The molecule has 0 amide bonds. The molecule has 296 valence electrons. The van der Waals surface area contributed by atoms with E-state index in [0.29, 0.717) is 0 Å². The van der Waals surface area contributed by atoms with Crippen molar-refractivity contribution in [1.82, 2.24) is 4.57 Å². The van der Waals surface area contributed by atoms with Gasteiger partial charge in [0.1, 0.15) is 0 Å². The lowest BCUT2D eigenvalue weighted by Gasteiger charge is -2.34. The second kappa shape index (κ2) is 15.1. The minimum atomic E-state index is -0.478. The van der Waals surface area contributed by atoms with Crippen molar-refractivity contribution in [2.45, 2.75) is 5.41 Å². The molecule has 11 aromatic rings. The molecule has 0 fully saturated rings. The van der Waals surface area contributed by atoms with E-state index in [2.05, 4.69) is 264 Å². The summed E-state index contributed by atoms with van der Waals surface area (Å²) in [5.41, 5.74) is 18.9. The number of fused-ring (bicyclic) bond motifs is 6. The maximum Gasteiger partial charge on any atom is 0.0714 e. The molecule has 63 heavy (non-hydrogen) atoms. The van der Waals surface area contributed by atoms with Gasteiger partial charge in [-0.15, -0.1) is 0 Å². The summed E-state index contributed by atoms with van der Waals surface area (Å²) in [5.74, 6) is 0. The number of para-hydroxylation sites is 3. The molecule has 1 heterocycles. The Morgan fingerprint density at radius 1 is 0.317 bits per heavy atom. The summed E-state index contributed by atoms with van der Waals surface area (Å²) < 4.78 is 2.52. The highest BCUT2D eigenvalue weighted by Gasteiger charge is 2.47. The normalized spacial score (nSPS) is 12.6. The second-order valence-electron chi connectivity index (χ2n) is 16.4. The summed E-state index contributed by atoms with van der Waals surface area (Å²) in [6, 6.07) is 93.1. The number of rotatable bonds is 8. The zero-order chi connectivity index (χ0) is 41.7. The van der Waals surface area contributed by atoms with Crippen molar-refractivity contribution in [2.75, 3.05) is 4.90 Å². The second-order valence-corrected chi connectivity index (χ2v) is 16.4. The van der Waals surface area contributed by atoms with Gasteiger partial charge in [0.25, 0.3) is 0 Å². The van der Waals surface area contributed by atoms with Gasteiger partial charge in [-0.2, -0.15) is 0 Å². The van der Waals surface area contributed by atoms with E-state index in [1.807, 2.05) is 0 Å². The lowest BCUT2D eigenvalue weighted by molar-refractivity contribution is 0.768. The van der Waals surface area contributed by atoms with Gasteiger partial charge in [0.05, 0.1) is 22.1 Å². The first kappa shape index (κ1) is 36.6. The summed E-state index contributed by atoms with van der Waals surface area (Å²) in [5, 5.41) is 2.48. The monoisotopic (exact) mass is 802 g/mol. The fourth-order valence-electron chi connectivity index (χ4n) is 10.4. The first-order valence-electron chi connectivity index (χ1n) is 21.8. The van der Waals surface area contributed by atoms with Gasteiger partial charge >= 0.3 is 0 Å². The molecule has 0 aliphatic heterocycles. The Kier molecular flexibility index (Phi) is 8.76. The first-order valence-corrected chi connectivity index (χ1v) is 21.8. The Hall–Kier alpha value is -8.20. The zero-order valence-electron chi connectivity index (χ0n) is 34.6. The van der Waals surface area contributed by atoms with Crippen LogP contribution in [0.5, 0.6) is 0 Å². The fourth-order valence-corrected chi connectivity index (χ4v) is 10.4. The van der Waals surface area contributed by atoms with Crippen LogP contribution in [0.3, 0.4) is 0 Å². The molecule has 1 aliphatic rings. The zero-order valence-corrected chi connectivity index (χ0v) is 34.6. The van der Waals surface area contributed by atoms with Crippen molar-refractivity contribution < 1.29 is 0 Å². The highest BCUT2D eigenvalue weighted by molar-refractivity contribution is 6.11. The maximum absolute atomic E-state index is 2.52. The molecular weight excluding hydrogens is 761 g/mol. The predicted octanol–water partition coefficient (Wildman–Crippen LogP) is 16.0. The molecule has 0 bridgehead atoms. The van der Waals surface area contributed by atoms with Crippen molar-refractivity contribution in [2.24, 2.45) is 0 Å². The van der Waals surface area contributed by atoms with Gasteiger partial charge in [-0.25, -0.2) is 0 Å². The van der Waals surface area contributed by atoms with E-state index >= 15 is 0 Å². The van der Waals surface area contributed by atoms with Gasteiger partial charge in [0.15, 0.2) is 0 Å². The van der Waals surface area contributed by atoms with E-state index < -0.39 is 5.41 Å². The molecule has 12 rings (SSSR count).